The van der Waals surface area contributed by atoms with E-state index >= 15 is 0 Å². The molecule has 146 valence electrons. The predicted molar refractivity (Wildman–Crippen MR) is 115 cm³/mol. The molecule has 3 nitrogen and oxygen atoms in total. The minimum atomic E-state index is 0. The van der Waals surface area contributed by atoms with Crippen molar-refractivity contribution in [3.8, 4) is 0 Å². The minimum Gasteiger partial charge on any atom is -0.297 e. The van der Waals surface area contributed by atoms with Crippen LogP contribution in [0.4, 0.5) is 0 Å². The van der Waals surface area contributed by atoms with Crippen molar-refractivity contribution in [1.82, 2.24) is 4.90 Å². The molecule has 0 atom stereocenters. The SMILES string of the molecule is CCN(CCO[N+](C)(C)Cc1ccccc1Cl)Cc1ccccc1.Cl.Cl. The molecule has 26 heavy (non-hydrogen) atoms. The fourth-order valence-electron chi connectivity index (χ4n) is 2.69. The van der Waals surface area contributed by atoms with Gasteiger partial charge in [0.1, 0.15) is 13.2 Å². The molecular formula is C20H30Cl3N2O+. The molecular weight excluding hydrogens is 391 g/mol. The minimum absolute atomic E-state index is 0. The maximum atomic E-state index is 6.25. The first-order valence-corrected chi connectivity index (χ1v) is 8.85. The number of halogens is 3. The van der Waals surface area contributed by atoms with Crippen LogP contribution in [0.15, 0.2) is 54.6 Å². The first-order chi connectivity index (χ1) is 11.5. The number of hydrogen-bond acceptors (Lipinski definition) is 2. The highest BCUT2D eigenvalue weighted by atomic mass is 35.5. The summed E-state index contributed by atoms with van der Waals surface area (Å²) < 4.78 is 0.465. The fraction of sp³-hybridized carbons (Fsp3) is 0.400. The van der Waals surface area contributed by atoms with Gasteiger partial charge < -0.3 is 0 Å². The Morgan fingerprint density at radius 1 is 0.962 bits per heavy atom. The summed E-state index contributed by atoms with van der Waals surface area (Å²) in [7, 11) is 4.13. The summed E-state index contributed by atoms with van der Waals surface area (Å²) in [4.78, 5) is 8.49. The third-order valence-electron chi connectivity index (χ3n) is 4.05. The van der Waals surface area contributed by atoms with Gasteiger partial charge in [0.25, 0.3) is 0 Å². The molecule has 0 spiro atoms. The van der Waals surface area contributed by atoms with Gasteiger partial charge in [0, 0.05) is 23.7 Å². The van der Waals surface area contributed by atoms with Gasteiger partial charge in [-0.2, -0.15) is 4.65 Å². The summed E-state index contributed by atoms with van der Waals surface area (Å²) >= 11 is 6.25. The van der Waals surface area contributed by atoms with Crippen LogP contribution in [0.2, 0.25) is 5.02 Å². The fourth-order valence-corrected chi connectivity index (χ4v) is 2.89. The van der Waals surface area contributed by atoms with Crippen molar-refractivity contribution in [3.63, 3.8) is 0 Å². The Bertz CT molecular complexity index is 623. The number of quaternary nitrogens is 1. The van der Waals surface area contributed by atoms with Gasteiger partial charge in [0.05, 0.1) is 14.1 Å². The van der Waals surface area contributed by atoms with Crippen molar-refractivity contribution in [3.05, 3.63) is 70.7 Å². The standard InChI is InChI=1S/C20H28ClN2O.2ClH/c1-4-22(16-18-10-6-5-7-11-18)14-15-24-23(2,3)17-19-12-8-9-13-20(19)21;;/h5-13H,4,14-17H2,1-3H3;2*1H/q+1;;. The maximum absolute atomic E-state index is 6.25. The largest absolute Gasteiger partial charge is 0.297 e. The van der Waals surface area contributed by atoms with Crippen LogP contribution in [-0.2, 0) is 17.9 Å². The van der Waals surface area contributed by atoms with E-state index in [4.69, 9.17) is 16.4 Å². The number of likely N-dealkylation sites (N-methyl/N-ethyl adjacent to an activating group) is 1. The number of rotatable bonds is 9. The molecule has 0 N–H and O–H groups in total. The van der Waals surface area contributed by atoms with Crippen LogP contribution in [0.5, 0.6) is 0 Å². The van der Waals surface area contributed by atoms with Crippen molar-refractivity contribution in [2.45, 2.75) is 20.0 Å². The van der Waals surface area contributed by atoms with Gasteiger partial charge in [-0.15, -0.1) is 24.8 Å². The van der Waals surface area contributed by atoms with Crippen molar-refractivity contribution in [2.75, 3.05) is 33.8 Å². The van der Waals surface area contributed by atoms with E-state index in [2.05, 4.69) is 62.3 Å². The highest BCUT2D eigenvalue weighted by Crippen LogP contribution is 2.19. The molecule has 0 bridgehead atoms. The molecule has 0 radical (unpaired) electrons. The molecule has 0 aliphatic carbocycles. The Hall–Kier alpha value is -0.810. The Labute approximate surface area is 175 Å². The Morgan fingerprint density at radius 2 is 1.58 bits per heavy atom. The second-order valence-electron chi connectivity index (χ2n) is 6.51. The van der Waals surface area contributed by atoms with Gasteiger partial charge in [-0.3, -0.25) is 4.90 Å². The lowest BCUT2D eigenvalue weighted by Gasteiger charge is -2.29. The van der Waals surface area contributed by atoms with E-state index in [1.807, 2.05) is 18.2 Å². The van der Waals surface area contributed by atoms with E-state index in [1.54, 1.807) is 0 Å². The quantitative estimate of drug-likeness (QED) is 0.407. The summed E-state index contributed by atoms with van der Waals surface area (Å²) in [6.07, 6.45) is 0. The van der Waals surface area contributed by atoms with Crippen LogP contribution in [0, 0.1) is 0 Å². The van der Waals surface area contributed by atoms with E-state index < -0.39 is 0 Å². The van der Waals surface area contributed by atoms with Crippen molar-refractivity contribution < 1.29 is 9.48 Å². The zero-order valence-corrected chi connectivity index (χ0v) is 18.1. The van der Waals surface area contributed by atoms with Gasteiger partial charge in [0.15, 0.2) is 0 Å². The van der Waals surface area contributed by atoms with Crippen LogP contribution in [0.1, 0.15) is 18.1 Å². The average Bonchev–Trinajstić information content (AvgIpc) is 2.56. The Morgan fingerprint density at radius 3 is 2.19 bits per heavy atom. The molecule has 2 aromatic carbocycles. The highest BCUT2D eigenvalue weighted by Gasteiger charge is 2.19. The predicted octanol–water partition coefficient (Wildman–Crippen LogP) is 5.21. The monoisotopic (exact) mass is 419 g/mol. The van der Waals surface area contributed by atoms with Crippen LogP contribution in [-0.4, -0.2) is 43.3 Å². The molecule has 2 aromatic rings. The second-order valence-corrected chi connectivity index (χ2v) is 6.92. The summed E-state index contributed by atoms with van der Waals surface area (Å²) in [5, 5.41) is 0.798. The first-order valence-electron chi connectivity index (χ1n) is 8.47. The molecule has 0 aromatic heterocycles. The van der Waals surface area contributed by atoms with Crippen LogP contribution in [0.25, 0.3) is 0 Å². The highest BCUT2D eigenvalue weighted by molar-refractivity contribution is 6.31. The van der Waals surface area contributed by atoms with Crippen LogP contribution >= 0.6 is 36.4 Å². The van der Waals surface area contributed by atoms with E-state index in [1.165, 1.54) is 5.56 Å². The zero-order valence-electron chi connectivity index (χ0n) is 15.7. The summed E-state index contributed by atoms with van der Waals surface area (Å²) in [6, 6.07) is 18.5. The first kappa shape index (κ1) is 25.2. The molecule has 0 aliphatic rings. The van der Waals surface area contributed by atoms with Gasteiger partial charge in [-0.1, -0.05) is 67.1 Å². The third-order valence-corrected chi connectivity index (χ3v) is 4.42. The number of nitrogens with zero attached hydrogens (tertiary/aromatic N) is 2. The Kier molecular flexibility index (Phi) is 12.2. The van der Waals surface area contributed by atoms with Crippen LogP contribution in [0.3, 0.4) is 0 Å². The summed E-state index contributed by atoms with van der Waals surface area (Å²) in [5.41, 5.74) is 2.45. The molecule has 0 unspecified atom stereocenters. The van der Waals surface area contributed by atoms with Gasteiger partial charge >= 0.3 is 0 Å². The molecule has 0 fully saturated rings. The molecule has 2 rings (SSSR count). The topological polar surface area (TPSA) is 12.5 Å². The Balaban J connectivity index is 0.00000312. The van der Waals surface area contributed by atoms with Crippen molar-refractivity contribution in [1.29, 1.82) is 0 Å². The van der Waals surface area contributed by atoms with Gasteiger partial charge in [0.2, 0.25) is 0 Å². The molecule has 0 amide bonds. The van der Waals surface area contributed by atoms with Gasteiger partial charge in [-0.25, -0.2) is 4.84 Å². The smallest absolute Gasteiger partial charge is 0.135 e. The van der Waals surface area contributed by atoms with E-state index in [0.717, 1.165) is 36.8 Å². The van der Waals surface area contributed by atoms with Crippen molar-refractivity contribution >= 4 is 36.4 Å². The van der Waals surface area contributed by atoms with Gasteiger partial charge in [-0.05, 0) is 18.2 Å². The third kappa shape index (κ3) is 8.72. The molecule has 0 heterocycles. The molecule has 0 saturated heterocycles. The summed E-state index contributed by atoms with van der Waals surface area (Å²) in [5.74, 6) is 0. The average molecular weight is 421 g/mol. The lowest BCUT2D eigenvalue weighted by molar-refractivity contribution is -1.09. The molecule has 0 aliphatic heterocycles. The molecule has 0 saturated carbocycles. The number of hydrogen-bond donors (Lipinski definition) is 0. The second kappa shape index (κ2) is 12.6. The normalized spacial score (nSPS) is 11.0. The summed E-state index contributed by atoms with van der Waals surface area (Å²) in [6.45, 7) is 6.51. The molecule has 6 heteroatoms. The lowest BCUT2D eigenvalue weighted by Crippen LogP contribution is -2.41. The maximum Gasteiger partial charge on any atom is 0.135 e. The van der Waals surface area contributed by atoms with Crippen molar-refractivity contribution in [2.24, 2.45) is 0 Å². The van der Waals surface area contributed by atoms with E-state index in [-0.39, 0.29) is 24.8 Å². The number of benzene rings is 2. The van der Waals surface area contributed by atoms with Crippen LogP contribution < -0.4 is 0 Å². The lowest BCUT2D eigenvalue weighted by atomic mass is 10.2. The van der Waals surface area contributed by atoms with E-state index in [0.29, 0.717) is 11.3 Å². The van der Waals surface area contributed by atoms with E-state index in [9.17, 15) is 0 Å². The zero-order chi connectivity index (χ0) is 17.4. The number of hydroxylamine groups is 3.